The lowest BCUT2D eigenvalue weighted by Crippen LogP contribution is -2.49. The molecule has 9 heteroatoms. The minimum atomic E-state index is -1.04. The SMILES string of the molecule is Cn1cc(Br)nc1C1(OCC(=O)O)CCN(C(=O)OC(C)(C)C)CC1. The van der Waals surface area contributed by atoms with Crippen LogP contribution in [-0.2, 0) is 26.9 Å². The van der Waals surface area contributed by atoms with Crippen LogP contribution in [0.5, 0.6) is 0 Å². The number of hydrogen-bond acceptors (Lipinski definition) is 5. The van der Waals surface area contributed by atoms with E-state index in [1.54, 1.807) is 11.1 Å². The summed E-state index contributed by atoms with van der Waals surface area (Å²) in [4.78, 5) is 29.3. The van der Waals surface area contributed by atoms with Crippen LogP contribution in [0.2, 0.25) is 0 Å². The van der Waals surface area contributed by atoms with E-state index in [1.807, 2.05) is 32.4 Å². The Bertz CT molecular complexity index is 645. The molecule has 2 heterocycles. The minimum absolute atomic E-state index is 0.375. The number of hydrogen-bond donors (Lipinski definition) is 1. The fraction of sp³-hybridized carbons (Fsp3) is 0.688. The fourth-order valence-electron chi connectivity index (χ4n) is 2.86. The number of amides is 1. The molecule has 0 bridgehead atoms. The molecule has 1 aromatic heterocycles. The number of halogens is 1. The van der Waals surface area contributed by atoms with Crippen molar-refractivity contribution in [2.45, 2.75) is 44.8 Å². The predicted octanol–water partition coefficient (Wildman–Crippen LogP) is 2.51. The molecule has 2 rings (SSSR count). The number of rotatable bonds is 4. The third kappa shape index (κ3) is 4.94. The maximum absolute atomic E-state index is 12.2. The highest BCUT2D eigenvalue weighted by Gasteiger charge is 2.43. The quantitative estimate of drug-likeness (QED) is 0.808. The maximum atomic E-state index is 12.2. The third-order valence-electron chi connectivity index (χ3n) is 3.95. The molecule has 1 N–H and O–H groups in total. The summed E-state index contributed by atoms with van der Waals surface area (Å²) < 4.78 is 13.6. The van der Waals surface area contributed by atoms with Crippen LogP contribution >= 0.6 is 15.9 Å². The molecule has 0 atom stereocenters. The van der Waals surface area contributed by atoms with Crippen molar-refractivity contribution >= 4 is 28.0 Å². The van der Waals surface area contributed by atoms with Gasteiger partial charge in [0.05, 0.1) is 0 Å². The highest BCUT2D eigenvalue weighted by molar-refractivity contribution is 9.10. The second-order valence-corrected chi connectivity index (χ2v) is 7.95. The van der Waals surface area contributed by atoms with Crippen LogP contribution in [0.4, 0.5) is 4.79 Å². The number of piperidine rings is 1. The molecule has 1 aliphatic heterocycles. The number of aryl methyl sites for hydroxylation is 1. The molecule has 1 aliphatic rings. The summed E-state index contributed by atoms with van der Waals surface area (Å²) in [5.74, 6) is -0.397. The lowest BCUT2D eigenvalue weighted by Gasteiger charge is -2.40. The number of ether oxygens (including phenoxy) is 2. The van der Waals surface area contributed by atoms with E-state index in [0.717, 1.165) is 0 Å². The molecular weight excluding hydrogens is 394 g/mol. The van der Waals surface area contributed by atoms with Crippen molar-refractivity contribution in [1.82, 2.24) is 14.5 Å². The Hall–Kier alpha value is -1.61. The van der Waals surface area contributed by atoms with E-state index in [2.05, 4.69) is 20.9 Å². The average Bonchev–Trinajstić information content (AvgIpc) is 2.83. The first kappa shape index (κ1) is 19.7. The van der Waals surface area contributed by atoms with Crippen LogP contribution in [0.15, 0.2) is 10.8 Å². The van der Waals surface area contributed by atoms with Gasteiger partial charge in [0.15, 0.2) is 0 Å². The van der Waals surface area contributed by atoms with Gasteiger partial charge in [-0.05, 0) is 36.7 Å². The standard InChI is InChI=1S/C16H24BrN3O5/c1-15(2,3)25-14(23)20-7-5-16(6-8-20,24-10-12(21)22)13-18-11(17)9-19(13)4/h9H,5-8,10H2,1-4H3,(H,21,22). The van der Waals surface area contributed by atoms with Crippen LogP contribution in [0, 0.1) is 0 Å². The first-order valence-corrected chi connectivity index (χ1v) is 8.85. The largest absolute Gasteiger partial charge is 0.480 e. The monoisotopic (exact) mass is 417 g/mol. The fourth-order valence-corrected chi connectivity index (χ4v) is 3.34. The van der Waals surface area contributed by atoms with E-state index in [4.69, 9.17) is 14.6 Å². The van der Waals surface area contributed by atoms with E-state index in [1.165, 1.54) is 0 Å². The van der Waals surface area contributed by atoms with Crippen molar-refractivity contribution in [3.8, 4) is 0 Å². The van der Waals surface area contributed by atoms with E-state index in [-0.39, 0.29) is 6.09 Å². The van der Waals surface area contributed by atoms with Gasteiger partial charge in [-0.2, -0.15) is 0 Å². The van der Waals surface area contributed by atoms with Crippen LogP contribution < -0.4 is 0 Å². The zero-order chi connectivity index (χ0) is 18.8. The van der Waals surface area contributed by atoms with Crippen molar-refractivity contribution in [2.75, 3.05) is 19.7 Å². The molecule has 8 nitrogen and oxygen atoms in total. The third-order valence-corrected chi connectivity index (χ3v) is 4.33. The Balaban J connectivity index is 2.16. The van der Waals surface area contributed by atoms with Gasteiger partial charge in [0, 0.05) is 39.2 Å². The van der Waals surface area contributed by atoms with Crippen LogP contribution in [-0.4, -0.2) is 56.9 Å². The molecule has 1 saturated heterocycles. The van der Waals surface area contributed by atoms with Gasteiger partial charge in [0.25, 0.3) is 0 Å². The lowest BCUT2D eigenvalue weighted by atomic mass is 9.90. The van der Waals surface area contributed by atoms with Gasteiger partial charge >= 0.3 is 12.1 Å². The van der Waals surface area contributed by atoms with Gasteiger partial charge in [0.1, 0.15) is 28.2 Å². The number of aliphatic carboxylic acids is 1. The van der Waals surface area contributed by atoms with Crippen molar-refractivity contribution in [3.05, 3.63) is 16.6 Å². The number of carboxylic acid groups (broad SMARTS) is 1. The minimum Gasteiger partial charge on any atom is -0.480 e. The van der Waals surface area contributed by atoms with Crippen molar-refractivity contribution < 1.29 is 24.2 Å². The Morgan fingerprint density at radius 3 is 2.40 bits per heavy atom. The number of nitrogens with zero attached hydrogens (tertiary/aromatic N) is 3. The predicted molar refractivity (Wildman–Crippen MR) is 93.2 cm³/mol. The molecule has 0 unspecified atom stereocenters. The highest BCUT2D eigenvalue weighted by atomic mass is 79.9. The molecule has 1 aromatic rings. The summed E-state index contributed by atoms with van der Waals surface area (Å²) in [6.07, 6.45) is 2.30. The van der Waals surface area contributed by atoms with Crippen LogP contribution in [0.25, 0.3) is 0 Å². The Morgan fingerprint density at radius 1 is 1.36 bits per heavy atom. The molecule has 0 radical (unpaired) electrons. The summed E-state index contributed by atoms with van der Waals surface area (Å²) in [6.45, 7) is 5.84. The Labute approximate surface area is 155 Å². The van der Waals surface area contributed by atoms with Gasteiger partial charge in [0.2, 0.25) is 0 Å². The molecule has 1 amide bonds. The Kier molecular flexibility index (Phi) is 5.78. The molecule has 0 saturated carbocycles. The number of likely N-dealkylation sites (tertiary alicyclic amines) is 1. The molecule has 0 aromatic carbocycles. The molecule has 0 aliphatic carbocycles. The van der Waals surface area contributed by atoms with Gasteiger partial charge in [-0.1, -0.05) is 0 Å². The van der Waals surface area contributed by atoms with E-state index in [9.17, 15) is 9.59 Å². The number of aromatic nitrogens is 2. The summed E-state index contributed by atoms with van der Waals surface area (Å²) in [7, 11) is 1.83. The van der Waals surface area contributed by atoms with Gasteiger partial charge < -0.3 is 24.0 Å². The first-order chi connectivity index (χ1) is 11.5. The second kappa shape index (κ2) is 7.33. The number of carbonyl (C=O) groups excluding carboxylic acids is 1. The molecule has 25 heavy (non-hydrogen) atoms. The Morgan fingerprint density at radius 2 is 1.96 bits per heavy atom. The van der Waals surface area contributed by atoms with E-state index in [0.29, 0.717) is 36.4 Å². The van der Waals surface area contributed by atoms with E-state index >= 15 is 0 Å². The summed E-state index contributed by atoms with van der Waals surface area (Å²) in [5.41, 5.74) is -1.41. The molecule has 140 valence electrons. The zero-order valence-corrected chi connectivity index (χ0v) is 16.5. The maximum Gasteiger partial charge on any atom is 0.410 e. The van der Waals surface area contributed by atoms with Crippen molar-refractivity contribution in [2.24, 2.45) is 7.05 Å². The first-order valence-electron chi connectivity index (χ1n) is 8.05. The van der Waals surface area contributed by atoms with Crippen molar-refractivity contribution in [1.29, 1.82) is 0 Å². The average molecular weight is 418 g/mol. The zero-order valence-electron chi connectivity index (χ0n) is 14.9. The van der Waals surface area contributed by atoms with Crippen LogP contribution in [0.1, 0.15) is 39.4 Å². The smallest absolute Gasteiger partial charge is 0.410 e. The van der Waals surface area contributed by atoms with Gasteiger partial charge in [-0.3, -0.25) is 0 Å². The van der Waals surface area contributed by atoms with E-state index < -0.39 is 23.8 Å². The van der Waals surface area contributed by atoms with Gasteiger partial charge in [-0.15, -0.1) is 0 Å². The number of carboxylic acids is 1. The normalized spacial score (nSPS) is 17.4. The van der Waals surface area contributed by atoms with Gasteiger partial charge in [-0.25, -0.2) is 14.6 Å². The number of carbonyl (C=O) groups is 2. The highest BCUT2D eigenvalue weighted by Crippen LogP contribution is 2.37. The summed E-state index contributed by atoms with van der Waals surface area (Å²) in [6, 6.07) is 0. The van der Waals surface area contributed by atoms with Crippen molar-refractivity contribution in [3.63, 3.8) is 0 Å². The molecular formula is C16H24BrN3O5. The summed E-state index contributed by atoms with van der Waals surface area (Å²) >= 11 is 3.33. The summed E-state index contributed by atoms with van der Waals surface area (Å²) in [5, 5.41) is 9.00. The number of imidazole rings is 1. The molecule has 0 spiro atoms. The molecule has 1 fully saturated rings. The second-order valence-electron chi connectivity index (χ2n) is 7.14. The topological polar surface area (TPSA) is 93.9 Å². The lowest BCUT2D eigenvalue weighted by molar-refractivity contribution is -0.156. The van der Waals surface area contributed by atoms with Crippen LogP contribution in [0.3, 0.4) is 0 Å².